The van der Waals surface area contributed by atoms with E-state index >= 15 is 0 Å². The van der Waals surface area contributed by atoms with Crippen LogP contribution in [0.1, 0.15) is 89.1 Å². The molecule has 2 fully saturated rings. The first-order valence-electron chi connectivity index (χ1n) is 16.2. The second kappa shape index (κ2) is 15.2. The maximum atomic E-state index is 13.8. The number of ether oxygens (including phenoxy) is 1. The van der Waals surface area contributed by atoms with Crippen molar-refractivity contribution in [2.24, 2.45) is 11.8 Å². The number of aromatic nitrogens is 2. The van der Waals surface area contributed by atoms with Crippen LogP contribution in [0.4, 0.5) is 35.4 Å². The third-order valence-electron chi connectivity index (χ3n) is 8.21. The van der Waals surface area contributed by atoms with E-state index in [1.165, 1.54) is 0 Å². The SMILES string of the molecule is CC(C)NC(=O)[C@H]1CCC[C@H]1Nc1nc(Nc2ccc(C(=O)NCCC3CCN(C(=O)OC(C)(C)C)CC3)cc2)ncc1C(F)(F)F. The van der Waals surface area contributed by atoms with Crippen LogP contribution in [0.2, 0.25) is 0 Å². The molecule has 0 spiro atoms. The van der Waals surface area contributed by atoms with Gasteiger partial charge in [-0.05, 0) is 96.9 Å². The molecule has 0 unspecified atom stereocenters. The molecule has 3 amide bonds. The fourth-order valence-electron chi connectivity index (χ4n) is 5.83. The van der Waals surface area contributed by atoms with Crippen molar-refractivity contribution < 1.29 is 32.3 Å². The van der Waals surface area contributed by atoms with Gasteiger partial charge in [-0.25, -0.2) is 9.78 Å². The van der Waals surface area contributed by atoms with E-state index in [4.69, 9.17) is 4.74 Å². The number of piperidine rings is 1. The predicted molar refractivity (Wildman–Crippen MR) is 172 cm³/mol. The molecule has 4 rings (SSSR count). The monoisotopic (exact) mass is 661 g/mol. The number of anilines is 3. The van der Waals surface area contributed by atoms with Crippen molar-refractivity contribution in [2.75, 3.05) is 30.3 Å². The highest BCUT2D eigenvalue weighted by Gasteiger charge is 2.39. The van der Waals surface area contributed by atoms with Gasteiger partial charge in [-0.2, -0.15) is 18.2 Å². The topological polar surface area (TPSA) is 138 Å². The zero-order valence-corrected chi connectivity index (χ0v) is 27.7. The molecule has 47 heavy (non-hydrogen) atoms. The Bertz CT molecular complexity index is 1390. The molecule has 2 aliphatic rings. The summed E-state index contributed by atoms with van der Waals surface area (Å²) in [5.74, 6) is -0.971. The van der Waals surface area contributed by atoms with Gasteiger partial charge in [-0.1, -0.05) is 6.42 Å². The molecule has 0 radical (unpaired) electrons. The third kappa shape index (κ3) is 10.4. The van der Waals surface area contributed by atoms with Crippen LogP contribution in [0.5, 0.6) is 0 Å². The molecule has 1 aromatic carbocycles. The Labute approximate surface area is 273 Å². The first-order chi connectivity index (χ1) is 22.1. The molecule has 2 aromatic rings. The summed E-state index contributed by atoms with van der Waals surface area (Å²) in [6.45, 7) is 10.9. The number of carbonyl (C=O) groups is 3. The Balaban J connectivity index is 1.30. The Morgan fingerprint density at radius 2 is 1.70 bits per heavy atom. The van der Waals surface area contributed by atoms with Crippen molar-refractivity contribution in [3.63, 3.8) is 0 Å². The number of hydrogen-bond acceptors (Lipinski definition) is 8. The van der Waals surface area contributed by atoms with Crippen molar-refractivity contribution in [2.45, 2.75) is 97.0 Å². The van der Waals surface area contributed by atoms with Gasteiger partial charge in [0.15, 0.2) is 0 Å². The number of likely N-dealkylation sites (tertiary alicyclic amines) is 1. The van der Waals surface area contributed by atoms with Gasteiger partial charge in [0.1, 0.15) is 17.0 Å². The van der Waals surface area contributed by atoms with E-state index in [1.807, 2.05) is 34.6 Å². The number of alkyl halides is 3. The predicted octanol–water partition coefficient (Wildman–Crippen LogP) is 6.11. The minimum Gasteiger partial charge on any atom is -0.444 e. The largest absolute Gasteiger partial charge is 0.444 e. The smallest absolute Gasteiger partial charge is 0.421 e. The van der Waals surface area contributed by atoms with E-state index in [0.717, 1.165) is 25.5 Å². The zero-order valence-electron chi connectivity index (χ0n) is 27.7. The normalized spacial score (nSPS) is 19.0. The minimum atomic E-state index is -4.69. The maximum Gasteiger partial charge on any atom is 0.421 e. The van der Waals surface area contributed by atoms with Crippen LogP contribution in [0.15, 0.2) is 30.5 Å². The first-order valence-corrected chi connectivity index (χ1v) is 16.2. The summed E-state index contributed by atoms with van der Waals surface area (Å²) >= 11 is 0. The molecule has 1 aromatic heterocycles. The zero-order chi connectivity index (χ0) is 34.4. The molecular weight excluding hydrogens is 615 g/mol. The van der Waals surface area contributed by atoms with E-state index in [1.54, 1.807) is 29.2 Å². The molecular formula is C33H46F3N7O4. The number of hydrogen-bond donors (Lipinski definition) is 4. The molecule has 1 aliphatic heterocycles. The van der Waals surface area contributed by atoms with Gasteiger partial charge < -0.3 is 30.9 Å². The second-order valence-corrected chi connectivity index (χ2v) is 13.6. The number of rotatable bonds is 10. The number of nitrogens with zero attached hydrogens (tertiary/aromatic N) is 3. The van der Waals surface area contributed by atoms with Gasteiger partial charge in [0.25, 0.3) is 5.91 Å². The van der Waals surface area contributed by atoms with Crippen LogP contribution >= 0.6 is 0 Å². The summed E-state index contributed by atoms with van der Waals surface area (Å²) < 4.78 is 47.0. The van der Waals surface area contributed by atoms with Gasteiger partial charge in [0, 0.05) is 49.2 Å². The standard InChI is InChI=1S/C33H46F3N7O4/c1-20(2)39-29(45)24-7-6-8-26(24)41-27-25(33(34,35)36)19-38-30(42-27)40-23-11-9-22(10-12-23)28(44)37-16-13-21-14-17-43(18-15-21)31(46)47-32(3,4)5/h9-12,19-21,24,26H,6-8,13-18H2,1-5H3,(H,37,44)(H,39,45)(H2,38,40,41,42)/t24-,26+/m0/s1. The van der Waals surface area contributed by atoms with E-state index in [2.05, 4.69) is 31.2 Å². The summed E-state index contributed by atoms with van der Waals surface area (Å²) in [5, 5.41) is 11.6. The summed E-state index contributed by atoms with van der Waals surface area (Å²) in [7, 11) is 0. The van der Waals surface area contributed by atoms with Crippen LogP contribution in [-0.4, -0.2) is 70.1 Å². The summed E-state index contributed by atoms with van der Waals surface area (Å²) in [6, 6.07) is 5.88. The molecule has 1 saturated carbocycles. The quantitative estimate of drug-likeness (QED) is 0.239. The molecule has 0 bridgehead atoms. The van der Waals surface area contributed by atoms with E-state index in [9.17, 15) is 27.6 Å². The number of benzene rings is 1. The highest BCUT2D eigenvalue weighted by molar-refractivity contribution is 5.94. The number of halogens is 3. The molecule has 1 aliphatic carbocycles. The van der Waals surface area contributed by atoms with Crippen LogP contribution in [0.3, 0.4) is 0 Å². The number of amides is 3. The molecule has 1 saturated heterocycles. The van der Waals surface area contributed by atoms with Crippen molar-refractivity contribution in [1.82, 2.24) is 25.5 Å². The Morgan fingerprint density at radius 1 is 1.02 bits per heavy atom. The van der Waals surface area contributed by atoms with E-state index in [-0.39, 0.29) is 29.9 Å². The highest BCUT2D eigenvalue weighted by Crippen LogP contribution is 2.37. The average molecular weight is 662 g/mol. The van der Waals surface area contributed by atoms with Crippen molar-refractivity contribution in [3.8, 4) is 0 Å². The molecule has 2 heterocycles. The summed E-state index contributed by atoms with van der Waals surface area (Å²) in [6.07, 6.45) is 0.0237. The van der Waals surface area contributed by atoms with Gasteiger partial charge in [-0.15, -0.1) is 0 Å². The van der Waals surface area contributed by atoms with E-state index in [0.29, 0.717) is 56.1 Å². The van der Waals surface area contributed by atoms with Crippen LogP contribution in [-0.2, 0) is 15.7 Å². The molecule has 11 nitrogen and oxygen atoms in total. The van der Waals surface area contributed by atoms with Crippen LogP contribution < -0.4 is 21.3 Å². The lowest BCUT2D eigenvalue weighted by molar-refractivity contribution is -0.137. The minimum absolute atomic E-state index is 0.0587. The van der Waals surface area contributed by atoms with Crippen molar-refractivity contribution >= 4 is 35.4 Å². The second-order valence-electron chi connectivity index (χ2n) is 13.6. The first kappa shape index (κ1) is 35.7. The Hall–Kier alpha value is -4.10. The molecule has 258 valence electrons. The maximum absolute atomic E-state index is 13.8. The summed E-state index contributed by atoms with van der Waals surface area (Å²) in [5.41, 5.74) is -0.632. The highest BCUT2D eigenvalue weighted by atomic mass is 19.4. The number of nitrogens with one attached hydrogen (secondary N) is 4. The van der Waals surface area contributed by atoms with Crippen LogP contribution in [0.25, 0.3) is 0 Å². The number of carbonyl (C=O) groups excluding carboxylic acids is 3. The fraction of sp³-hybridized carbons (Fsp3) is 0.606. The fourth-order valence-corrected chi connectivity index (χ4v) is 5.83. The van der Waals surface area contributed by atoms with Gasteiger partial charge in [-0.3, -0.25) is 9.59 Å². The van der Waals surface area contributed by atoms with Crippen molar-refractivity contribution in [3.05, 3.63) is 41.6 Å². The lowest BCUT2D eigenvalue weighted by Gasteiger charge is -2.33. The van der Waals surface area contributed by atoms with Gasteiger partial charge in [0.2, 0.25) is 11.9 Å². The lowest BCUT2D eigenvalue weighted by atomic mass is 9.94. The Morgan fingerprint density at radius 3 is 2.32 bits per heavy atom. The van der Waals surface area contributed by atoms with Crippen LogP contribution in [0, 0.1) is 11.8 Å². The third-order valence-corrected chi connectivity index (χ3v) is 8.21. The molecule has 2 atom stereocenters. The van der Waals surface area contributed by atoms with E-state index < -0.39 is 35.1 Å². The molecule has 4 N–H and O–H groups in total. The van der Waals surface area contributed by atoms with Gasteiger partial charge >= 0.3 is 12.3 Å². The molecule has 14 heteroatoms. The van der Waals surface area contributed by atoms with Crippen molar-refractivity contribution in [1.29, 1.82) is 0 Å². The lowest BCUT2D eigenvalue weighted by Crippen LogP contribution is -2.42. The van der Waals surface area contributed by atoms with Gasteiger partial charge in [0.05, 0.1) is 5.92 Å². The summed E-state index contributed by atoms with van der Waals surface area (Å²) in [4.78, 5) is 47.4. The Kier molecular flexibility index (Phi) is 11.6. The average Bonchev–Trinajstić information content (AvgIpc) is 3.44.